The summed E-state index contributed by atoms with van der Waals surface area (Å²) < 4.78 is 7.39. The SMILES string of the molecule is CCc1ccc(-c2nc(N)cc(-c3cnn(C)c3)n2)o1. The fourth-order valence-electron chi connectivity index (χ4n) is 1.97. The van der Waals surface area contributed by atoms with Crippen LogP contribution < -0.4 is 5.73 Å². The lowest BCUT2D eigenvalue weighted by atomic mass is 10.2. The van der Waals surface area contributed by atoms with Gasteiger partial charge >= 0.3 is 0 Å². The number of furan rings is 1. The summed E-state index contributed by atoms with van der Waals surface area (Å²) in [6.07, 6.45) is 4.45. The number of hydrogen-bond acceptors (Lipinski definition) is 5. The molecule has 6 nitrogen and oxygen atoms in total. The normalized spacial score (nSPS) is 10.9. The van der Waals surface area contributed by atoms with Crippen molar-refractivity contribution in [1.82, 2.24) is 19.7 Å². The minimum Gasteiger partial charge on any atom is -0.458 e. The first kappa shape index (κ1) is 12.4. The van der Waals surface area contributed by atoms with E-state index in [0.717, 1.165) is 23.4 Å². The van der Waals surface area contributed by atoms with Gasteiger partial charge in [0.2, 0.25) is 0 Å². The molecule has 3 aromatic heterocycles. The highest BCUT2D eigenvalue weighted by Gasteiger charge is 2.11. The molecule has 0 aliphatic rings. The van der Waals surface area contributed by atoms with E-state index in [9.17, 15) is 0 Å². The molecular formula is C14H15N5O. The molecule has 3 aromatic rings. The number of anilines is 1. The van der Waals surface area contributed by atoms with Gasteiger partial charge in [-0.3, -0.25) is 4.68 Å². The largest absolute Gasteiger partial charge is 0.458 e. The van der Waals surface area contributed by atoms with Crippen LogP contribution in [0.25, 0.3) is 22.8 Å². The van der Waals surface area contributed by atoms with Gasteiger partial charge in [0.25, 0.3) is 0 Å². The van der Waals surface area contributed by atoms with E-state index in [1.54, 1.807) is 16.9 Å². The molecule has 102 valence electrons. The van der Waals surface area contributed by atoms with Crippen LogP contribution >= 0.6 is 0 Å². The van der Waals surface area contributed by atoms with E-state index < -0.39 is 0 Å². The highest BCUT2D eigenvalue weighted by molar-refractivity contribution is 5.64. The average Bonchev–Trinajstić information content (AvgIpc) is 3.06. The van der Waals surface area contributed by atoms with Crippen molar-refractivity contribution in [2.75, 3.05) is 5.73 Å². The van der Waals surface area contributed by atoms with Crippen LogP contribution in [0, 0.1) is 0 Å². The van der Waals surface area contributed by atoms with Gasteiger partial charge in [0.15, 0.2) is 11.6 Å². The third kappa shape index (κ3) is 2.27. The molecule has 0 amide bonds. The molecule has 0 spiro atoms. The van der Waals surface area contributed by atoms with Crippen LogP contribution in [-0.4, -0.2) is 19.7 Å². The predicted octanol–water partition coefficient (Wildman–Crippen LogP) is 2.28. The second-order valence-electron chi connectivity index (χ2n) is 4.52. The first-order valence-electron chi connectivity index (χ1n) is 6.38. The number of aromatic nitrogens is 4. The second kappa shape index (κ2) is 4.80. The fraction of sp³-hybridized carbons (Fsp3) is 0.214. The van der Waals surface area contributed by atoms with Crippen LogP contribution in [0.1, 0.15) is 12.7 Å². The van der Waals surface area contributed by atoms with Crippen LogP contribution in [0.15, 0.2) is 35.0 Å². The summed E-state index contributed by atoms with van der Waals surface area (Å²) in [7, 11) is 1.86. The van der Waals surface area contributed by atoms with Gasteiger partial charge in [-0.2, -0.15) is 5.10 Å². The molecule has 0 aromatic carbocycles. The molecule has 3 heterocycles. The summed E-state index contributed by atoms with van der Waals surface area (Å²) in [5.41, 5.74) is 7.49. The molecule has 0 saturated carbocycles. The Morgan fingerprint density at radius 3 is 2.80 bits per heavy atom. The number of hydrogen-bond donors (Lipinski definition) is 1. The second-order valence-corrected chi connectivity index (χ2v) is 4.52. The highest BCUT2D eigenvalue weighted by atomic mass is 16.3. The van der Waals surface area contributed by atoms with Gasteiger partial charge in [-0.05, 0) is 12.1 Å². The molecule has 0 bridgehead atoms. The van der Waals surface area contributed by atoms with E-state index in [0.29, 0.717) is 17.4 Å². The molecule has 0 saturated heterocycles. The van der Waals surface area contributed by atoms with Gasteiger partial charge in [0.05, 0.1) is 11.9 Å². The number of nitrogens with two attached hydrogens (primary N) is 1. The molecule has 0 aliphatic carbocycles. The van der Waals surface area contributed by atoms with Gasteiger partial charge in [0.1, 0.15) is 11.6 Å². The van der Waals surface area contributed by atoms with Gasteiger partial charge in [0, 0.05) is 31.3 Å². The highest BCUT2D eigenvalue weighted by Crippen LogP contribution is 2.24. The molecule has 0 radical (unpaired) electrons. The van der Waals surface area contributed by atoms with Crippen LogP contribution in [-0.2, 0) is 13.5 Å². The third-order valence-electron chi connectivity index (χ3n) is 2.98. The Kier molecular flexibility index (Phi) is 2.98. The maximum absolute atomic E-state index is 5.86. The van der Waals surface area contributed by atoms with Crippen molar-refractivity contribution in [1.29, 1.82) is 0 Å². The van der Waals surface area contributed by atoms with Crippen molar-refractivity contribution in [2.45, 2.75) is 13.3 Å². The van der Waals surface area contributed by atoms with Crippen molar-refractivity contribution in [2.24, 2.45) is 7.05 Å². The Bertz CT molecular complexity index is 744. The first-order chi connectivity index (χ1) is 9.65. The zero-order valence-electron chi connectivity index (χ0n) is 11.4. The van der Waals surface area contributed by atoms with Crippen LogP contribution in [0.3, 0.4) is 0 Å². The molecule has 20 heavy (non-hydrogen) atoms. The summed E-state index contributed by atoms with van der Waals surface area (Å²) in [5, 5.41) is 4.13. The molecule has 0 unspecified atom stereocenters. The van der Waals surface area contributed by atoms with Crippen molar-refractivity contribution >= 4 is 5.82 Å². The Balaban J connectivity index is 2.06. The summed E-state index contributed by atoms with van der Waals surface area (Å²) in [4.78, 5) is 8.73. The lowest BCUT2D eigenvalue weighted by molar-refractivity contribution is 0.525. The number of nitrogen functional groups attached to an aromatic ring is 1. The van der Waals surface area contributed by atoms with Crippen molar-refractivity contribution < 1.29 is 4.42 Å². The lowest BCUT2D eigenvalue weighted by Crippen LogP contribution is -1.97. The summed E-state index contributed by atoms with van der Waals surface area (Å²) in [5.74, 6) is 2.42. The molecule has 0 atom stereocenters. The van der Waals surface area contributed by atoms with E-state index in [1.807, 2.05) is 32.3 Å². The Labute approximate surface area is 116 Å². The Morgan fingerprint density at radius 2 is 2.15 bits per heavy atom. The fourth-order valence-corrected chi connectivity index (χ4v) is 1.97. The topological polar surface area (TPSA) is 82.8 Å². The summed E-state index contributed by atoms with van der Waals surface area (Å²) in [6.45, 7) is 2.03. The van der Waals surface area contributed by atoms with E-state index in [4.69, 9.17) is 10.2 Å². The number of rotatable bonds is 3. The maximum Gasteiger partial charge on any atom is 0.198 e. The van der Waals surface area contributed by atoms with Crippen molar-refractivity contribution in [3.8, 4) is 22.8 Å². The van der Waals surface area contributed by atoms with Gasteiger partial charge in [-0.1, -0.05) is 6.92 Å². The molecule has 3 rings (SSSR count). The molecular weight excluding hydrogens is 254 g/mol. The molecule has 2 N–H and O–H groups in total. The zero-order chi connectivity index (χ0) is 14.1. The van der Waals surface area contributed by atoms with Crippen LogP contribution in [0.2, 0.25) is 0 Å². The smallest absolute Gasteiger partial charge is 0.198 e. The Hall–Kier alpha value is -2.63. The summed E-state index contributed by atoms with van der Waals surface area (Å²) >= 11 is 0. The third-order valence-corrected chi connectivity index (χ3v) is 2.98. The molecule has 0 fully saturated rings. The summed E-state index contributed by atoms with van der Waals surface area (Å²) in [6, 6.07) is 5.51. The molecule has 6 heteroatoms. The van der Waals surface area contributed by atoms with E-state index in [-0.39, 0.29) is 0 Å². The van der Waals surface area contributed by atoms with Crippen molar-refractivity contribution in [3.05, 3.63) is 36.4 Å². The minimum atomic E-state index is 0.406. The number of nitrogens with zero attached hydrogens (tertiary/aromatic N) is 4. The lowest BCUT2D eigenvalue weighted by Gasteiger charge is -2.02. The van der Waals surface area contributed by atoms with Crippen molar-refractivity contribution in [3.63, 3.8) is 0 Å². The van der Waals surface area contributed by atoms with E-state index >= 15 is 0 Å². The predicted molar refractivity (Wildman–Crippen MR) is 75.7 cm³/mol. The standard InChI is InChI=1S/C14H15N5O/c1-3-10-4-5-12(20-10)14-17-11(6-13(15)18-14)9-7-16-19(2)8-9/h4-8H,3H2,1-2H3,(H2,15,17,18). The molecule has 0 aliphatic heterocycles. The van der Waals surface area contributed by atoms with Crippen LogP contribution in [0.5, 0.6) is 0 Å². The monoisotopic (exact) mass is 269 g/mol. The van der Waals surface area contributed by atoms with E-state index in [2.05, 4.69) is 15.1 Å². The van der Waals surface area contributed by atoms with Gasteiger partial charge < -0.3 is 10.2 Å². The maximum atomic E-state index is 5.86. The minimum absolute atomic E-state index is 0.406. The average molecular weight is 269 g/mol. The van der Waals surface area contributed by atoms with Gasteiger partial charge in [-0.15, -0.1) is 0 Å². The van der Waals surface area contributed by atoms with Crippen LogP contribution in [0.4, 0.5) is 5.82 Å². The first-order valence-corrected chi connectivity index (χ1v) is 6.38. The van der Waals surface area contributed by atoms with Gasteiger partial charge in [-0.25, -0.2) is 9.97 Å². The quantitative estimate of drug-likeness (QED) is 0.788. The van der Waals surface area contributed by atoms with E-state index in [1.165, 1.54) is 0 Å². The zero-order valence-corrected chi connectivity index (χ0v) is 11.4. The Morgan fingerprint density at radius 1 is 1.30 bits per heavy atom. The number of aryl methyl sites for hydroxylation is 2.